The highest BCUT2D eigenvalue weighted by Gasteiger charge is 2.18. The molecule has 98 valence electrons. The molecule has 0 aliphatic heterocycles. The van der Waals surface area contributed by atoms with E-state index in [1.54, 1.807) is 25.1 Å². The Hall–Kier alpha value is -2.10. The summed E-state index contributed by atoms with van der Waals surface area (Å²) in [4.78, 5) is 27.4. The Morgan fingerprint density at radius 1 is 1.37 bits per heavy atom. The summed E-state index contributed by atoms with van der Waals surface area (Å²) in [6.45, 7) is 2.09. The van der Waals surface area contributed by atoms with Crippen LogP contribution in [0.25, 0.3) is 10.9 Å². The van der Waals surface area contributed by atoms with Crippen molar-refractivity contribution in [1.29, 1.82) is 0 Å². The molecule has 0 saturated heterocycles. The molecule has 0 bridgehead atoms. The van der Waals surface area contributed by atoms with Gasteiger partial charge in [-0.2, -0.15) is 0 Å². The molecule has 0 atom stereocenters. The molecule has 0 saturated carbocycles. The summed E-state index contributed by atoms with van der Waals surface area (Å²) in [5, 5.41) is 0.575. The number of aromatic amines is 1. The van der Waals surface area contributed by atoms with Gasteiger partial charge in [-0.1, -0.05) is 0 Å². The maximum atomic E-state index is 12.4. The number of carbonyl (C=O) groups excluding carboxylic acids is 1. The van der Waals surface area contributed by atoms with Crippen molar-refractivity contribution in [3.8, 4) is 0 Å². The van der Waals surface area contributed by atoms with Gasteiger partial charge in [0.2, 0.25) is 0 Å². The third-order valence-electron chi connectivity index (χ3n) is 3.55. The molecule has 1 aromatic heterocycles. The molecule has 4 nitrogen and oxygen atoms in total. The molecular weight excluding hydrogens is 242 g/mol. The number of aryl methyl sites for hydroxylation is 1. The van der Waals surface area contributed by atoms with Crippen molar-refractivity contribution >= 4 is 16.9 Å². The normalized spacial score (nSPS) is 13.5. The number of carbonyl (C=O) groups is 1. The number of esters is 1. The monoisotopic (exact) mass is 257 g/mol. The molecule has 3 rings (SSSR count). The Labute approximate surface area is 110 Å². The Balaban J connectivity index is 2.18. The summed E-state index contributed by atoms with van der Waals surface area (Å²) >= 11 is 0. The van der Waals surface area contributed by atoms with Gasteiger partial charge in [-0.15, -0.1) is 0 Å². The second-order valence-electron chi connectivity index (χ2n) is 4.75. The van der Waals surface area contributed by atoms with Crippen molar-refractivity contribution in [2.75, 3.05) is 6.61 Å². The number of pyridine rings is 1. The zero-order valence-corrected chi connectivity index (χ0v) is 10.8. The molecule has 0 spiro atoms. The quantitative estimate of drug-likeness (QED) is 0.839. The minimum absolute atomic E-state index is 0.0485. The molecule has 1 heterocycles. The maximum absolute atomic E-state index is 12.4. The van der Waals surface area contributed by atoms with E-state index in [-0.39, 0.29) is 11.4 Å². The Kier molecular flexibility index (Phi) is 2.85. The van der Waals surface area contributed by atoms with Crippen LogP contribution >= 0.6 is 0 Å². The van der Waals surface area contributed by atoms with Gasteiger partial charge in [0.1, 0.15) is 0 Å². The second kappa shape index (κ2) is 4.53. The molecule has 19 heavy (non-hydrogen) atoms. The molecule has 0 radical (unpaired) electrons. The SMILES string of the molecule is CCOC(=O)c1ccc2[nH]c3c(c(=O)c2c1)CCC3. The third-order valence-corrected chi connectivity index (χ3v) is 3.55. The summed E-state index contributed by atoms with van der Waals surface area (Å²) in [5.41, 5.74) is 3.18. The highest BCUT2D eigenvalue weighted by Crippen LogP contribution is 2.21. The number of benzene rings is 1. The van der Waals surface area contributed by atoms with Crippen molar-refractivity contribution in [2.45, 2.75) is 26.2 Å². The first-order chi connectivity index (χ1) is 9.20. The van der Waals surface area contributed by atoms with Crippen molar-refractivity contribution in [3.05, 3.63) is 45.2 Å². The van der Waals surface area contributed by atoms with E-state index in [0.29, 0.717) is 17.6 Å². The van der Waals surface area contributed by atoms with Gasteiger partial charge >= 0.3 is 5.97 Å². The van der Waals surface area contributed by atoms with Gasteiger partial charge in [0.05, 0.1) is 12.2 Å². The number of H-pyrrole nitrogens is 1. The fourth-order valence-corrected chi connectivity index (χ4v) is 2.64. The van der Waals surface area contributed by atoms with Crippen LogP contribution in [0.1, 0.15) is 35.0 Å². The van der Waals surface area contributed by atoms with Crippen molar-refractivity contribution in [3.63, 3.8) is 0 Å². The molecule has 1 aliphatic rings. The lowest BCUT2D eigenvalue weighted by Crippen LogP contribution is -2.12. The minimum Gasteiger partial charge on any atom is -0.462 e. The molecule has 0 unspecified atom stereocenters. The van der Waals surface area contributed by atoms with Crippen LogP contribution in [0.3, 0.4) is 0 Å². The number of hydrogen-bond acceptors (Lipinski definition) is 3. The van der Waals surface area contributed by atoms with Crippen LogP contribution in [0.2, 0.25) is 0 Å². The number of hydrogen-bond donors (Lipinski definition) is 1. The van der Waals surface area contributed by atoms with Gasteiger partial charge in [-0.25, -0.2) is 4.79 Å². The Morgan fingerprint density at radius 2 is 2.21 bits per heavy atom. The molecule has 1 aliphatic carbocycles. The van der Waals surface area contributed by atoms with Crippen LogP contribution < -0.4 is 5.43 Å². The lowest BCUT2D eigenvalue weighted by molar-refractivity contribution is 0.0526. The Morgan fingerprint density at radius 3 is 3.00 bits per heavy atom. The summed E-state index contributed by atoms with van der Waals surface area (Å²) in [6.07, 6.45) is 2.77. The second-order valence-corrected chi connectivity index (χ2v) is 4.75. The molecule has 4 heteroatoms. The summed E-state index contributed by atoms with van der Waals surface area (Å²) < 4.78 is 4.96. The fourth-order valence-electron chi connectivity index (χ4n) is 2.64. The maximum Gasteiger partial charge on any atom is 0.338 e. The summed E-state index contributed by atoms with van der Waals surface area (Å²) in [5.74, 6) is -0.385. The first-order valence-corrected chi connectivity index (χ1v) is 6.55. The minimum atomic E-state index is -0.385. The zero-order chi connectivity index (χ0) is 13.4. The van der Waals surface area contributed by atoms with E-state index in [1.807, 2.05) is 0 Å². The largest absolute Gasteiger partial charge is 0.462 e. The van der Waals surface area contributed by atoms with E-state index in [0.717, 1.165) is 36.0 Å². The van der Waals surface area contributed by atoms with Gasteiger partial charge < -0.3 is 9.72 Å². The molecule has 1 N–H and O–H groups in total. The predicted molar refractivity (Wildman–Crippen MR) is 72.6 cm³/mol. The summed E-state index contributed by atoms with van der Waals surface area (Å²) in [6, 6.07) is 5.10. The topological polar surface area (TPSA) is 59.2 Å². The summed E-state index contributed by atoms with van der Waals surface area (Å²) in [7, 11) is 0. The van der Waals surface area contributed by atoms with Gasteiger partial charge in [-0.3, -0.25) is 4.79 Å². The average molecular weight is 257 g/mol. The van der Waals surface area contributed by atoms with Crippen molar-refractivity contribution < 1.29 is 9.53 Å². The van der Waals surface area contributed by atoms with E-state index >= 15 is 0 Å². The van der Waals surface area contributed by atoms with E-state index < -0.39 is 0 Å². The van der Waals surface area contributed by atoms with E-state index in [2.05, 4.69) is 4.98 Å². The molecule has 1 aromatic carbocycles. The Bertz CT molecular complexity index is 715. The number of nitrogens with one attached hydrogen (secondary N) is 1. The lowest BCUT2D eigenvalue weighted by Gasteiger charge is -2.06. The van der Waals surface area contributed by atoms with Crippen LogP contribution in [0.5, 0.6) is 0 Å². The highest BCUT2D eigenvalue weighted by molar-refractivity contribution is 5.94. The predicted octanol–water partition coefficient (Wildman–Crippen LogP) is 2.19. The van der Waals surface area contributed by atoms with Crippen molar-refractivity contribution in [2.24, 2.45) is 0 Å². The van der Waals surface area contributed by atoms with Crippen LogP contribution in [0, 0.1) is 0 Å². The first kappa shape index (κ1) is 12.0. The van der Waals surface area contributed by atoms with Gasteiger partial charge in [0.25, 0.3) is 0 Å². The first-order valence-electron chi connectivity index (χ1n) is 6.55. The standard InChI is InChI=1S/C15H15NO3/c1-2-19-15(18)9-6-7-13-11(8-9)14(17)10-4-3-5-12(10)16-13/h6-8H,2-5H2,1H3,(H,16,17). The van der Waals surface area contributed by atoms with Crippen molar-refractivity contribution in [1.82, 2.24) is 4.98 Å². The van der Waals surface area contributed by atoms with Crippen LogP contribution in [-0.2, 0) is 17.6 Å². The molecular formula is C15H15NO3. The highest BCUT2D eigenvalue weighted by atomic mass is 16.5. The van der Waals surface area contributed by atoms with Crippen LogP contribution in [0.15, 0.2) is 23.0 Å². The number of ether oxygens (including phenoxy) is 1. The molecule has 2 aromatic rings. The third kappa shape index (κ3) is 1.93. The smallest absolute Gasteiger partial charge is 0.338 e. The van der Waals surface area contributed by atoms with Gasteiger partial charge in [0, 0.05) is 22.2 Å². The van der Waals surface area contributed by atoms with Crippen LogP contribution in [-0.4, -0.2) is 17.6 Å². The molecule has 0 fully saturated rings. The number of aromatic nitrogens is 1. The van der Waals surface area contributed by atoms with E-state index in [1.165, 1.54) is 0 Å². The van der Waals surface area contributed by atoms with E-state index in [4.69, 9.17) is 4.74 Å². The molecule has 0 amide bonds. The lowest BCUT2D eigenvalue weighted by atomic mass is 10.1. The zero-order valence-electron chi connectivity index (χ0n) is 10.8. The average Bonchev–Trinajstić information content (AvgIpc) is 2.87. The number of rotatable bonds is 2. The van der Waals surface area contributed by atoms with Gasteiger partial charge in [0.15, 0.2) is 5.43 Å². The van der Waals surface area contributed by atoms with Crippen LogP contribution in [0.4, 0.5) is 0 Å². The number of fused-ring (bicyclic) bond motifs is 2. The fraction of sp³-hybridized carbons (Fsp3) is 0.333. The van der Waals surface area contributed by atoms with Gasteiger partial charge in [-0.05, 0) is 44.4 Å². The van der Waals surface area contributed by atoms with E-state index in [9.17, 15) is 9.59 Å².